The minimum atomic E-state index is 0.519. The lowest BCUT2D eigenvalue weighted by Gasteiger charge is -2.33. The lowest BCUT2D eigenvalue weighted by Crippen LogP contribution is -2.49. The average molecular weight is 260 g/mol. The van der Waals surface area contributed by atoms with Crippen LogP contribution in [0.1, 0.15) is 6.92 Å². The van der Waals surface area contributed by atoms with Gasteiger partial charge in [-0.2, -0.15) is 0 Å². The number of nitrogens with zero attached hydrogens (tertiary/aromatic N) is 4. The molecule has 1 aromatic heterocycles. The van der Waals surface area contributed by atoms with Crippen LogP contribution in [0.3, 0.4) is 0 Å². The summed E-state index contributed by atoms with van der Waals surface area (Å²) in [6.45, 7) is 5.20. The molecule has 1 aliphatic rings. The van der Waals surface area contributed by atoms with E-state index in [0.29, 0.717) is 6.04 Å². The Morgan fingerprint density at radius 3 is 2.93 bits per heavy atom. The first-order valence-electron chi connectivity index (χ1n) is 4.72. The highest BCUT2D eigenvalue weighted by Gasteiger charge is 2.21. The Morgan fingerprint density at radius 2 is 2.36 bits per heavy atom. The zero-order valence-electron chi connectivity index (χ0n) is 8.37. The summed E-state index contributed by atoms with van der Waals surface area (Å²) < 4.78 is 2.64. The second-order valence-corrected chi connectivity index (χ2v) is 4.38. The number of halogens is 1. The van der Waals surface area contributed by atoms with E-state index < -0.39 is 0 Å². The van der Waals surface area contributed by atoms with Crippen LogP contribution < -0.4 is 10.2 Å². The van der Waals surface area contributed by atoms with Gasteiger partial charge in [0.2, 0.25) is 0 Å². The molecule has 14 heavy (non-hydrogen) atoms. The van der Waals surface area contributed by atoms with E-state index in [4.69, 9.17) is 0 Å². The van der Waals surface area contributed by atoms with E-state index >= 15 is 0 Å². The van der Waals surface area contributed by atoms with Crippen LogP contribution in [0, 0.1) is 0 Å². The minimum absolute atomic E-state index is 0.519. The number of hydrogen-bond acceptors (Lipinski definition) is 4. The largest absolute Gasteiger partial charge is 0.352 e. The van der Waals surface area contributed by atoms with Crippen molar-refractivity contribution in [3.8, 4) is 0 Å². The summed E-state index contributed by atoms with van der Waals surface area (Å²) in [6, 6.07) is 0.519. The number of nitrogens with one attached hydrogen (secondary N) is 1. The van der Waals surface area contributed by atoms with Crippen LogP contribution in [0.15, 0.2) is 4.60 Å². The van der Waals surface area contributed by atoms with Gasteiger partial charge in [-0.05, 0) is 22.9 Å². The predicted molar refractivity (Wildman–Crippen MR) is 58.4 cm³/mol. The monoisotopic (exact) mass is 259 g/mol. The third-order valence-corrected chi connectivity index (χ3v) is 2.94. The quantitative estimate of drug-likeness (QED) is 0.792. The van der Waals surface area contributed by atoms with E-state index in [9.17, 15) is 0 Å². The number of piperazine rings is 1. The van der Waals surface area contributed by atoms with Crippen LogP contribution in [-0.4, -0.2) is 40.7 Å². The zero-order valence-corrected chi connectivity index (χ0v) is 9.95. The van der Waals surface area contributed by atoms with E-state index in [-0.39, 0.29) is 0 Å². The molecule has 1 aromatic rings. The van der Waals surface area contributed by atoms with E-state index in [0.717, 1.165) is 30.1 Å². The van der Waals surface area contributed by atoms with E-state index in [2.05, 4.69) is 43.4 Å². The molecular weight excluding hydrogens is 246 g/mol. The molecule has 0 saturated carbocycles. The fourth-order valence-corrected chi connectivity index (χ4v) is 2.37. The molecule has 1 atom stereocenters. The lowest BCUT2D eigenvalue weighted by atomic mass is 10.2. The highest BCUT2D eigenvalue weighted by atomic mass is 79.9. The first-order valence-corrected chi connectivity index (χ1v) is 5.51. The summed E-state index contributed by atoms with van der Waals surface area (Å²) in [5.74, 6) is 1.07. The van der Waals surface area contributed by atoms with Gasteiger partial charge in [0, 0.05) is 32.7 Å². The van der Waals surface area contributed by atoms with Gasteiger partial charge in [0.25, 0.3) is 0 Å². The zero-order chi connectivity index (χ0) is 10.1. The molecule has 0 radical (unpaired) electrons. The van der Waals surface area contributed by atoms with Crippen LogP contribution in [0.4, 0.5) is 5.82 Å². The third kappa shape index (κ3) is 1.76. The maximum atomic E-state index is 3.98. The normalized spacial score (nSPS) is 22.8. The van der Waals surface area contributed by atoms with E-state index in [1.807, 2.05) is 11.7 Å². The Balaban J connectivity index is 2.21. The number of hydrogen-bond donors (Lipinski definition) is 1. The maximum Gasteiger partial charge on any atom is 0.172 e. The van der Waals surface area contributed by atoms with Crippen molar-refractivity contribution in [3.63, 3.8) is 0 Å². The van der Waals surface area contributed by atoms with Crippen molar-refractivity contribution >= 4 is 21.7 Å². The molecule has 2 rings (SSSR count). The molecule has 6 heteroatoms. The van der Waals surface area contributed by atoms with Crippen LogP contribution in [0.5, 0.6) is 0 Å². The van der Waals surface area contributed by atoms with Crippen molar-refractivity contribution in [1.29, 1.82) is 0 Å². The van der Waals surface area contributed by atoms with Crippen LogP contribution in [-0.2, 0) is 7.05 Å². The van der Waals surface area contributed by atoms with E-state index in [1.165, 1.54) is 0 Å². The van der Waals surface area contributed by atoms with Crippen LogP contribution in [0.25, 0.3) is 0 Å². The predicted octanol–water partition coefficient (Wildman–Crippen LogP) is 0.376. The summed E-state index contributed by atoms with van der Waals surface area (Å²) in [6.07, 6.45) is 0. The Labute approximate surface area is 91.6 Å². The van der Waals surface area contributed by atoms with Gasteiger partial charge in [0.15, 0.2) is 10.4 Å². The first-order chi connectivity index (χ1) is 6.68. The van der Waals surface area contributed by atoms with Gasteiger partial charge in [-0.15, -0.1) is 5.10 Å². The topological polar surface area (TPSA) is 46.0 Å². The van der Waals surface area contributed by atoms with Crippen molar-refractivity contribution in [2.75, 3.05) is 24.5 Å². The molecule has 1 fully saturated rings. The fraction of sp³-hybridized carbons (Fsp3) is 0.750. The average Bonchev–Trinajstić information content (AvgIpc) is 2.46. The number of aryl methyl sites for hydroxylation is 1. The second kappa shape index (κ2) is 3.86. The van der Waals surface area contributed by atoms with Gasteiger partial charge < -0.3 is 10.2 Å². The number of rotatable bonds is 1. The van der Waals surface area contributed by atoms with E-state index in [1.54, 1.807) is 0 Å². The molecule has 1 N–H and O–H groups in total. The SMILES string of the molecule is CC1CN(c2c(Br)nnn2C)CCN1. The molecule has 0 aliphatic carbocycles. The highest BCUT2D eigenvalue weighted by Crippen LogP contribution is 2.23. The molecule has 1 unspecified atom stereocenters. The minimum Gasteiger partial charge on any atom is -0.352 e. The molecule has 1 aliphatic heterocycles. The third-order valence-electron chi connectivity index (χ3n) is 2.43. The first kappa shape index (κ1) is 9.92. The molecule has 0 amide bonds. The Bertz CT molecular complexity index is 304. The van der Waals surface area contributed by atoms with Crippen LogP contribution in [0.2, 0.25) is 0 Å². The highest BCUT2D eigenvalue weighted by molar-refractivity contribution is 9.10. The van der Waals surface area contributed by atoms with Gasteiger partial charge in [0.05, 0.1) is 0 Å². The van der Waals surface area contributed by atoms with Crippen molar-refractivity contribution in [1.82, 2.24) is 20.3 Å². The lowest BCUT2D eigenvalue weighted by molar-refractivity contribution is 0.476. The molecule has 0 bridgehead atoms. The van der Waals surface area contributed by atoms with Gasteiger partial charge in [-0.1, -0.05) is 5.21 Å². The summed E-state index contributed by atoms with van der Waals surface area (Å²) >= 11 is 3.42. The second-order valence-electron chi connectivity index (χ2n) is 3.63. The molecule has 1 saturated heterocycles. The molecular formula is C8H14BrN5. The number of aromatic nitrogens is 3. The standard InChI is InChI=1S/C8H14BrN5/c1-6-5-14(4-3-10-6)8-7(9)11-12-13(8)2/h6,10H,3-5H2,1-2H3. The Morgan fingerprint density at radius 1 is 1.57 bits per heavy atom. The molecule has 78 valence electrons. The maximum absolute atomic E-state index is 3.98. The summed E-state index contributed by atoms with van der Waals surface area (Å²) in [7, 11) is 1.92. The fourth-order valence-electron chi connectivity index (χ4n) is 1.79. The van der Waals surface area contributed by atoms with Gasteiger partial charge in [0.1, 0.15) is 0 Å². The summed E-state index contributed by atoms with van der Waals surface area (Å²) in [4.78, 5) is 2.30. The Hall–Kier alpha value is -0.620. The smallest absolute Gasteiger partial charge is 0.172 e. The van der Waals surface area contributed by atoms with Crippen molar-refractivity contribution in [3.05, 3.63) is 4.60 Å². The summed E-state index contributed by atoms with van der Waals surface area (Å²) in [5.41, 5.74) is 0. The Kier molecular flexibility index (Phi) is 2.73. The van der Waals surface area contributed by atoms with Crippen molar-refractivity contribution in [2.24, 2.45) is 7.05 Å². The number of anilines is 1. The van der Waals surface area contributed by atoms with Crippen molar-refractivity contribution in [2.45, 2.75) is 13.0 Å². The molecule has 2 heterocycles. The molecule has 5 nitrogen and oxygen atoms in total. The molecule has 0 spiro atoms. The van der Waals surface area contributed by atoms with Crippen LogP contribution >= 0.6 is 15.9 Å². The van der Waals surface area contributed by atoms with Gasteiger partial charge >= 0.3 is 0 Å². The molecule has 0 aromatic carbocycles. The van der Waals surface area contributed by atoms with Crippen molar-refractivity contribution < 1.29 is 0 Å². The van der Waals surface area contributed by atoms with Gasteiger partial charge in [-0.3, -0.25) is 0 Å². The summed E-state index contributed by atoms with van der Waals surface area (Å²) in [5, 5.41) is 11.4. The van der Waals surface area contributed by atoms with Gasteiger partial charge in [-0.25, -0.2) is 4.68 Å².